The SMILES string of the molecule is CN(C)c1ccccc1NCCc1ccccn1. The monoisotopic (exact) mass is 241 g/mol. The van der Waals surface area contributed by atoms with Gasteiger partial charge in [-0.1, -0.05) is 18.2 Å². The highest BCUT2D eigenvalue weighted by molar-refractivity contribution is 5.69. The Kier molecular flexibility index (Phi) is 4.18. The minimum absolute atomic E-state index is 0.891. The third-order valence-electron chi connectivity index (χ3n) is 2.81. The summed E-state index contributed by atoms with van der Waals surface area (Å²) in [6.07, 6.45) is 2.77. The largest absolute Gasteiger partial charge is 0.383 e. The summed E-state index contributed by atoms with van der Waals surface area (Å²) in [5.74, 6) is 0. The molecule has 0 saturated carbocycles. The Labute approximate surface area is 108 Å². The second-order valence-electron chi connectivity index (χ2n) is 4.41. The van der Waals surface area contributed by atoms with E-state index < -0.39 is 0 Å². The first-order chi connectivity index (χ1) is 8.77. The first-order valence-electron chi connectivity index (χ1n) is 6.17. The molecule has 0 atom stereocenters. The molecule has 0 fully saturated rings. The summed E-state index contributed by atoms with van der Waals surface area (Å²) in [5, 5.41) is 3.46. The number of benzene rings is 1. The molecule has 1 aromatic heterocycles. The zero-order chi connectivity index (χ0) is 12.8. The van der Waals surface area contributed by atoms with Gasteiger partial charge in [0.1, 0.15) is 0 Å². The molecule has 1 N–H and O–H groups in total. The van der Waals surface area contributed by atoms with Gasteiger partial charge in [0.2, 0.25) is 0 Å². The molecule has 3 heteroatoms. The van der Waals surface area contributed by atoms with Crippen LogP contribution in [0.1, 0.15) is 5.69 Å². The first kappa shape index (κ1) is 12.4. The second-order valence-corrected chi connectivity index (χ2v) is 4.41. The first-order valence-corrected chi connectivity index (χ1v) is 6.17. The summed E-state index contributed by atoms with van der Waals surface area (Å²) in [5.41, 5.74) is 3.49. The molecule has 0 spiro atoms. The van der Waals surface area contributed by atoms with Gasteiger partial charge in [-0.2, -0.15) is 0 Å². The van der Waals surface area contributed by atoms with E-state index in [1.165, 1.54) is 11.4 Å². The zero-order valence-corrected chi connectivity index (χ0v) is 10.9. The predicted octanol–water partition coefficient (Wildman–Crippen LogP) is 2.80. The molecule has 0 unspecified atom stereocenters. The third-order valence-corrected chi connectivity index (χ3v) is 2.81. The molecule has 0 aliphatic rings. The molecule has 94 valence electrons. The van der Waals surface area contributed by atoms with Crippen molar-refractivity contribution in [3.05, 3.63) is 54.4 Å². The van der Waals surface area contributed by atoms with E-state index in [9.17, 15) is 0 Å². The maximum atomic E-state index is 4.32. The van der Waals surface area contributed by atoms with E-state index in [0.717, 1.165) is 18.7 Å². The van der Waals surface area contributed by atoms with Crippen LogP contribution in [0.15, 0.2) is 48.7 Å². The number of nitrogens with zero attached hydrogens (tertiary/aromatic N) is 2. The van der Waals surface area contributed by atoms with E-state index in [0.29, 0.717) is 0 Å². The molecule has 2 rings (SSSR count). The fourth-order valence-corrected chi connectivity index (χ4v) is 1.88. The Bertz CT molecular complexity index is 480. The van der Waals surface area contributed by atoms with Crippen LogP contribution >= 0.6 is 0 Å². The standard InChI is InChI=1S/C15H19N3/c1-18(2)15-9-4-3-8-14(15)17-12-10-13-7-5-6-11-16-13/h3-9,11,17H,10,12H2,1-2H3. The van der Waals surface area contributed by atoms with Gasteiger partial charge in [-0.25, -0.2) is 0 Å². The molecule has 3 nitrogen and oxygen atoms in total. The maximum Gasteiger partial charge on any atom is 0.0596 e. The summed E-state index contributed by atoms with van der Waals surface area (Å²) >= 11 is 0. The highest BCUT2D eigenvalue weighted by atomic mass is 15.1. The van der Waals surface area contributed by atoms with Crippen molar-refractivity contribution in [2.75, 3.05) is 30.9 Å². The van der Waals surface area contributed by atoms with Crippen LogP contribution in [0.4, 0.5) is 11.4 Å². The molecule has 0 amide bonds. The van der Waals surface area contributed by atoms with Crippen LogP contribution in [0.3, 0.4) is 0 Å². The molecule has 1 aromatic carbocycles. The Morgan fingerprint density at radius 3 is 2.56 bits per heavy atom. The second kappa shape index (κ2) is 6.05. The van der Waals surface area contributed by atoms with Gasteiger partial charge in [-0.05, 0) is 24.3 Å². The Morgan fingerprint density at radius 1 is 1.06 bits per heavy atom. The van der Waals surface area contributed by atoms with E-state index in [1.54, 1.807) is 0 Å². The summed E-state index contributed by atoms with van der Waals surface area (Å²) in [4.78, 5) is 6.43. The topological polar surface area (TPSA) is 28.2 Å². The number of aromatic nitrogens is 1. The van der Waals surface area contributed by atoms with Crippen molar-refractivity contribution >= 4 is 11.4 Å². The van der Waals surface area contributed by atoms with Crippen LogP contribution < -0.4 is 10.2 Å². The lowest BCUT2D eigenvalue weighted by Crippen LogP contribution is -2.13. The highest BCUT2D eigenvalue weighted by Gasteiger charge is 2.02. The number of rotatable bonds is 5. The lowest BCUT2D eigenvalue weighted by atomic mass is 10.2. The van der Waals surface area contributed by atoms with E-state index in [1.807, 2.05) is 18.3 Å². The number of anilines is 2. The summed E-state index contributed by atoms with van der Waals surface area (Å²) in [6, 6.07) is 14.3. The van der Waals surface area contributed by atoms with Crippen molar-refractivity contribution in [2.45, 2.75) is 6.42 Å². The lowest BCUT2D eigenvalue weighted by molar-refractivity contribution is 0.959. The van der Waals surface area contributed by atoms with Crippen molar-refractivity contribution in [1.82, 2.24) is 4.98 Å². The molecule has 0 saturated heterocycles. The number of para-hydroxylation sites is 2. The van der Waals surface area contributed by atoms with Crippen LogP contribution in [0, 0.1) is 0 Å². The van der Waals surface area contributed by atoms with Gasteiger partial charge in [-0.3, -0.25) is 4.98 Å². The molecule has 0 aliphatic carbocycles. The van der Waals surface area contributed by atoms with Crippen molar-refractivity contribution < 1.29 is 0 Å². The minimum Gasteiger partial charge on any atom is -0.383 e. The lowest BCUT2D eigenvalue weighted by Gasteiger charge is -2.18. The van der Waals surface area contributed by atoms with Crippen molar-refractivity contribution in [3.8, 4) is 0 Å². The Hall–Kier alpha value is -2.03. The number of hydrogen-bond acceptors (Lipinski definition) is 3. The van der Waals surface area contributed by atoms with E-state index in [2.05, 4.69) is 59.6 Å². The fourth-order valence-electron chi connectivity index (χ4n) is 1.88. The Balaban J connectivity index is 1.94. The van der Waals surface area contributed by atoms with Gasteiger partial charge in [0.15, 0.2) is 0 Å². The van der Waals surface area contributed by atoms with E-state index in [4.69, 9.17) is 0 Å². The van der Waals surface area contributed by atoms with E-state index >= 15 is 0 Å². The van der Waals surface area contributed by atoms with Gasteiger partial charge in [-0.15, -0.1) is 0 Å². The average Bonchev–Trinajstić information content (AvgIpc) is 2.40. The predicted molar refractivity (Wildman–Crippen MR) is 77.2 cm³/mol. The highest BCUT2D eigenvalue weighted by Crippen LogP contribution is 2.23. The minimum atomic E-state index is 0.891. The zero-order valence-electron chi connectivity index (χ0n) is 10.9. The van der Waals surface area contributed by atoms with Gasteiger partial charge in [0.05, 0.1) is 11.4 Å². The van der Waals surface area contributed by atoms with E-state index in [-0.39, 0.29) is 0 Å². The molecule has 2 aromatic rings. The normalized spacial score (nSPS) is 10.1. The number of nitrogens with one attached hydrogen (secondary N) is 1. The smallest absolute Gasteiger partial charge is 0.0596 e. The quantitative estimate of drug-likeness (QED) is 0.872. The van der Waals surface area contributed by atoms with Crippen LogP contribution in [-0.4, -0.2) is 25.6 Å². The van der Waals surface area contributed by atoms with Crippen LogP contribution in [0.5, 0.6) is 0 Å². The maximum absolute atomic E-state index is 4.32. The van der Waals surface area contributed by atoms with Crippen LogP contribution in [0.25, 0.3) is 0 Å². The van der Waals surface area contributed by atoms with Crippen molar-refractivity contribution in [3.63, 3.8) is 0 Å². The molecule has 0 radical (unpaired) electrons. The summed E-state index contributed by atoms with van der Waals surface area (Å²) in [6.45, 7) is 0.891. The summed E-state index contributed by atoms with van der Waals surface area (Å²) < 4.78 is 0. The molecular formula is C15H19N3. The van der Waals surface area contributed by atoms with Gasteiger partial charge in [0, 0.05) is 39.0 Å². The molecule has 18 heavy (non-hydrogen) atoms. The van der Waals surface area contributed by atoms with Gasteiger partial charge < -0.3 is 10.2 Å². The van der Waals surface area contributed by atoms with Crippen molar-refractivity contribution in [2.24, 2.45) is 0 Å². The average molecular weight is 241 g/mol. The summed E-state index contributed by atoms with van der Waals surface area (Å²) in [7, 11) is 4.11. The number of pyridine rings is 1. The van der Waals surface area contributed by atoms with Crippen LogP contribution in [0.2, 0.25) is 0 Å². The molecule has 0 aliphatic heterocycles. The van der Waals surface area contributed by atoms with Gasteiger partial charge in [0.25, 0.3) is 0 Å². The number of hydrogen-bond donors (Lipinski definition) is 1. The Morgan fingerprint density at radius 2 is 1.83 bits per heavy atom. The molecule has 0 bridgehead atoms. The van der Waals surface area contributed by atoms with Gasteiger partial charge >= 0.3 is 0 Å². The van der Waals surface area contributed by atoms with Crippen molar-refractivity contribution in [1.29, 1.82) is 0 Å². The molecular weight excluding hydrogens is 222 g/mol. The molecule has 1 heterocycles. The fraction of sp³-hybridized carbons (Fsp3) is 0.267. The third kappa shape index (κ3) is 3.23. The van der Waals surface area contributed by atoms with Crippen LogP contribution in [-0.2, 0) is 6.42 Å².